The monoisotopic (exact) mass is 309 g/mol. The topological polar surface area (TPSA) is 111 Å². The second-order valence-electron chi connectivity index (χ2n) is 4.38. The lowest BCUT2D eigenvalue weighted by Gasteiger charge is -2.12. The van der Waals surface area contributed by atoms with Crippen LogP contribution in [0.3, 0.4) is 0 Å². The van der Waals surface area contributed by atoms with Crippen LogP contribution in [0.4, 0.5) is 24.9 Å². The van der Waals surface area contributed by atoms with Gasteiger partial charge < -0.3 is 16.2 Å². The van der Waals surface area contributed by atoms with E-state index in [9.17, 15) is 13.2 Å². The van der Waals surface area contributed by atoms with Gasteiger partial charge in [0.25, 0.3) is 0 Å². The number of rotatable bonds is 2. The van der Waals surface area contributed by atoms with E-state index in [0.29, 0.717) is 5.56 Å². The van der Waals surface area contributed by atoms with Gasteiger partial charge >= 0.3 is 6.36 Å². The van der Waals surface area contributed by atoms with Crippen LogP contribution in [0.1, 0.15) is 11.1 Å². The number of alkyl halides is 3. The maximum Gasteiger partial charge on any atom is 0.573 e. The summed E-state index contributed by atoms with van der Waals surface area (Å²) in [5.41, 5.74) is 11.7. The molecule has 22 heavy (non-hydrogen) atoms. The van der Waals surface area contributed by atoms with Crippen molar-refractivity contribution in [2.24, 2.45) is 0 Å². The van der Waals surface area contributed by atoms with Gasteiger partial charge in [0.15, 0.2) is 0 Å². The smallest absolute Gasteiger partial charge is 0.406 e. The van der Waals surface area contributed by atoms with E-state index in [1.807, 2.05) is 6.07 Å². The van der Waals surface area contributed by atoms with E-state index >= 15 is 0 Å². The van der Waals surface area contributed by atoms with Gasteiger partial charge in [-0.1, -0.05) is 0 Å². The van der Waals surface area contributed by atoms with E-state index in [0.717, 1.165) is 6.07 Å². The number of nitriles is 1. The Morgan fingerprint density at radius 3 is 2.45 bits per heavy atom. The maximum atomic E-state index is 12.3. The molecular formula is C13H10F3N5O. The highest BCUT2D eigenvalue weighted by Crippen LogP contribution is 2.31. The molecule has 0 atom stereocenters. The molecule has 1 aromatic carbocycles. The van der Waals surface area contributed by atoms with E-state index in [4.69, 9.17) is 16.7 Å². The molecule has 0 saturated carbocycles. The minimum atomic E-state index is -4.83. The average Bonchev–Trinajstić information content (AvgIpc) is 2.35. The zero-order valence-electron chi connectivity index (χ0n) is 11.3. The van der Waals surface area contributed by atoms with Crippen LogP contribution < -0.4 is 16.2 Å². The molecule has 0 fully saturated rings. The highest BCUT2D eigenvalue weighted by atomic mass is 19.4. The molecule has 114 valence electrons. The highest BCUT2D eigenvalue weighted by molar-refractivity contribution is 5.74. The number of benzene rings is 1. The Morgan fingerprint density at radius 2 is 1.86 bits per heavy atom. The second-order valence-corrected chi connectivity index (χ2v) is 4.38. The number of ether oxygens (including phenoxy) is 1. The first-order valence-corrected chi connectivity index (χ1v) is 5.90. The van der Waals surface area contributed by atoms with Crippen LogP contribution >= 0.6 is 0 Å². The van der Waals surface area contributed by atoms with Crippen LogP contribution in [-0.2, 0) is 0 Å². The van der Waals surface area contributed by atoms with Gasteiger partial charge in [0.2, 0.25) is 5.95 Å². The third-order valence-electron chi connectivity index (χ3n) is 2.62. The standard InChI is InChI=1S/C13H10F3N5O/c1-6-2-7(4-8(3-6)22-13(14,15)16)10-9(5-17)11(18)21-12(19)20-10/h2-4H,1H3,(H4,18,19,20,21). The van der Waals surface area contributed by atoms with Crippen LogP contribution in [0.2, 0.25) is 0 Å². The van der Waals surface area contributed by atoms with Crippen LogP contribution in [0.5, 0.6) is 5.75 Å². The van der Waals surface area contributed by atoms with Gasteiger partial charge in [0.05, 0.1) is 5.69 Å². The molecule has 0 aliphatic rings. The number of hydrogen-bond donors (Lipinski definition) is 2. The third kappa shape index (κ3) is 3.35. The lowest BCUT2D eigenvalue weighted by atomic mass is 10.0. The second kappa shape index (κ2) is 5.40. The van der Waals surface area contributed by atoms with Crippen molar-refractivity contribution in [1.29, 1.82) is 5.26 Å². The first-order valence-electron chi connectivity index (χ1n) is 5.90. The Balaban J connectivity index is 2.61. The predicted molar refractivity (Wildman–Crippen MR) is 72.4 cm³/mol. The van der Waals surface area contributed by atoms with Crippen LogP contribution in [0.15, 0.2) is 18.2 Å². The van der Waals surface area contributed by atoms with Crippen molar-refractivity contribution in [2.75, 3.05) is 11.5 Å². The van der Waals surface area contributed by atoms with Crippen molar-refractivity contribution >= 4 is 11.8 Å². The van der Waals surface area contributed by atoms with Gasteiger partial charge in [-0.2, -0.15) is 10.2 Å². The molecule has 0 radical (unpaired) electrons. The lowest BCUT2D eigenvalue weighted by molar-refractivity contribution is -0.274. The fourth-order valence-corrected chi connectivity index (χ4v) is 1.89. The van der Waals surface area contributed by atoms with Gasteiger partial charge in [-0.05, 0) is 30.7 Å². The zero-order valence-corrected chi connectivity index (χ0v) is 11.3. The van der Waals surface area contributed by atoms with Crippen molar-refractivity contribution in [3.05, 3.63) is 29.3 Å². The normalized spacial score (nSPS) is 11.0. The maximum absolute atomic E-state index is 12.3. The molecule has 4 N–H and O–H groups in total. The van der Waals surface area contributed by atoms with E-state index < -0.39 is 12.1 Å². The summed E-state index contributed by atoms with van der Waals surface area (Å²) >= 11 is 0. The Kier molecular flexibility index (Phi) is 3.77. The number of nitrogens with two attached hydrogens (primary N) is 2. The van der Waals surface area contributed by atoms with Gasteiger partial charge in [0, 0.05) is 5.56 Å². The summed E-state index contributed by atoms with van der Waals surface area (Å²) in [7, 11) is 0. The molecule has 9 heteroatoms. The first-order chi connectivity index (χ1) is 10.2. The number of nitrogens with zero attached hydrogens (tertiary/aromatic N) is 3. The lowest BCUT2D eigenvalue weighted by Crippen LogP contribution is -2.17. The summed E-state index contributed by atoms with van der Waals surface area (Å²) in [5.74, 6) is -0.766. The fraction of sp³-hybridized carbons (Fsp3) is 0.154. The first kappa shape index (κ1) is 15.4. The largest absolute Gasteiger partial charge is 0.573 e. The van der Waals surface area contributed by atoms with E-state index in [2.05, 4.69) is 14.7 Å². The molecule has 0 spiro atoms. The molecule has 1 heterocycles. The van der Waals surface area contributed by atoms with E-state index in [1.165, 1.54) is 12.1 Å². The van der Waals surface area contributed by atoms with Gasteiger partial charge in [-0.15, -0.1) is 13.2 Å². The molecule has 6 nitrogen and oxygen atoms in total. The van der Waals surface area contributed by atoms with Crippen molar-refractivity contribution in [3.63, 3.8) is 0 Å². The summed E-state index contributed by atoms with van der Waals surface area (Å²) in [5, 5.41) is 9.11. The molecule has 0 bridgehead atoms. The summed E-state index contributed by atoms with van der Waals surface area (Å²) in [6, 6.07) is 5.65. The highest BCUT2D eigenvalue weighted by Gasteiger charge is 2.31. The quantitative estimate of drug-likeness (QED) is 0.881. The minimum Gasteiger partial charge on any atom is -0.406 e. The minimum absolute atomic E-state index is 0.0447. The van der Waals surface area contributed by atoms with Crippen molar-refractivity contribution < 1.29 is 17.9 Å². The fourth-order valence-electron chi connectivity index (χ4n) is 1.89. The third-order valence-corrected chi connectivity index (χ3v) is 2.62. The number of aryl methyl sites for hydroxylation is 1. The summed E-state index contributed by atoms with van der Waals surface area (Å²) < 4.78 is 40.9. The SMILES string of the molecule is Cc1cc(OC(F)(F)F)cc(-c2nc(N)nc(N)c2C#N)c1. The molecule has 0 aliphatic carbocycles. The molecule has 1 aromatic heterocycles. The molecule has 2 rings (SSSR count). The Labute approximate surface area is 123 Å². The van der Waals surface area contributed by atoms with E-state index in [-0.39, 0.29) is 28.6 Å². The summed E-state index contributed by atoms with van der Waals surface area (Å²) in [6.45, 7) is 1.58. The number of hydrogen-bond acceptors (Lipinski definition) is 6. The summed E-state index contributed by atoms with van der Waals surface area (Å²) in [6.07, 6.45) is -4.83. The Morgan fingerprint density at radius 1 is 1.18 bits per heavy atom. The molecule has 0 unspecified atom stereocenters. The van der Waals surface area contributed by atoms with E-state index in [1.54, 1.807) is 6.92 Å². The average molecular weight is 309 g/mol. The van der Waals surface area contributed by atoms with Gasteiger partial charge in [-0.3, -0.25) is 0 Å². The number of halogens is 3. The summed E-state index contributed by atoms with van der Waals surface area (Å²) in [4.78, 5) is 7.53. The number of nitrogen functional groups attached to an aromatic ring is 2. The molecule has 0 amide bonds. The van der Waals surface area contributed by atoms with Crippen molar-refractivity contribution in [1.82, 2.24) is 9.97 Å². The predicted octanol–water partition coefficient (Wildman–Crippen LogP) is 2.39. The molecular weight excluding hydrogens is 299 g/mol. The van der Waals surface area contributed by atoms with Crippen LogP contribution in [-0.4, -0.2) is 16.3 Å². The molecule has 2 aromatic rings. The van der Waals surface area contributed by atoms with Gasteiger partial charge in [-0.25, -0.2) is 4.98 Å². The van der Waals surface area contributed by atoms with Crippen molar-refractivity contribution in [2.45, 2.75) is 13.3 Å². The van der Waals surface area contributed by atoms with Crippen LogP contribution in [0, 0.1) is 18.3 Å². The Bertz CT molecular complexity index is 767. The van der Waals surface area contributed by atoms with Crippen molar-refractivity contribution in [3.8, 4) is 23.1 Å². The number of aromatic nitrogens is 2. The van der Waals surface area contributed by atoms with Gasteiger partial charge in [0.1, 0.15) is 23.2 Å². The molecule has 0 saturated heterocycles. The zero-order chi connectivity index (χ0) is 16.5. The Hall–Kier alpha value is -3.02. The molecule has 0 aliphatic heterocycles. The van der Waals surface area contributed by atoms with Crippen LogP contribution in [0.25, 0.3) is 11.3 Å². The number of anilines is 2.